The van der Waals surface area contributed by atoms with Crippen LogP contribution in [0.5, 0.6) is 0 Å². The zero-order chi connectivity index (χ0) is 13.0. The van der Waals surface area contributed by atoms with Crippen molar-refractivity contribution in [1.29, 1.82) is 0 Å². The minimum atomic E-state index is 0.288. The van der Waals surface area contributed by atoms with Gasteiger partial charge in [0.15, 0.2) is 5.22 Å². The van der Waals surface area contributed by atoms with E-state index in [-0.39, 0.29) is 5.91 Å². The van der Waals surface area contributed by atoms with E-state index in [1.807, 2.05) is 18.0 Å². The van der Waals surface area contributed by atoms with E-state index < -0.39 is 0 Å². The van der Waals surface area contributed by atoms with Crippen LogP contribution in [0.25, 0.3) is 0 Å². The summed E-state index contributed by atoms with van der Waals surface area (Å²) >= 11 is 5.72. The molecule has 1 saturated heterocycles. The Hall–Kier alpha value is -1.00. The first-order valence-electron chi connectivity index (χ1n) is 6.35. The third-order valence-electron chi connectivity index (χ3n) is 3.23. The molecule has 100 valence electrons. The number of carbonyl (C=O) groups is 1. The number of likely N-dealkylation sites (tertiary alicyclic amines) is 1. The van der Waals surface area contributed by atoms with Gasteiger partial charge in [0, 0.05) is 26.1 Å². The number of likely N-dealkylation sites (N-methyl/N-ethyl adjacent to an activating group) is 1. The van der Waals surface area contributed by atoms with Crippen molar-refractivity contribution >= 4 is 17.5 Å². The van der Waals surface area contributed by atoms with Crippen LogP contribution in [0.2, 0.25) is 5.22 Å². The molecule has 1 aromatic rings. The Bertz CT molecular complexity index is 405. The van der Waals surface area contributed by atoms with Crippen molar-refractivity contribution < 1.29 is 9.21 Å². The normalized spacial score (nSPS) is 16.6. The van der Waals surface area contributed by atoms with Crippen molar-refractivity contribution in [1.82, 2.24) is 9.80 Å². The molecule has 0 N–H and O–H groups in total. The summed E-state index contributed by atoms with van der Waals surface area (Å²) in [4.78, 5) is 15.7. The second-order valence-electron chi connectivity index (χ2n) is 4.78. The highest BCUT2D eigenvalue weighted by atomic mass is 35.5. The van der Waals surface area contributed by atoms with Crippen LogP contribution < -0.4 is 0 Å². The summed E-state index contributed by atoms with van der Waals surface area (Å²) in [6, 6.07) is 3.63. The van der Waals surface area contributed by atoms with Gasteiger partial charge in [0.05, 0.1) is 6.54 Å². The van der Waals surface area contributed by atoms with E-state index in [9.17, 15) is 4.79 Å². The molecule has 0 aliphatic carbocycles. The van der Waals surface area contributed by atoms with Gasteiger partial charge in [-0.1, -0.05) is 0 Å². The van der Waals surface area contributed by atoms with E-state index in [4.69, 9.17) is 16.0 Å². The van der Waals surface area contributed by atoms with Crippen LogP contribution in [-0.4, -0.2) is 42.4 Å². The SMILES string of the molecule is CN(CCN1CCCCC1=O)Cc1ccc(Cl)o1. The number of nitrogens with zero attached hydrogens (tertiary/aromatic N) is 2. The summed E-state index contributed by atoms with van der Waals surface area (Å²) in [7, 11) is 2.02. The number of rotatable bonds is 5. The smallest absolute Gasteiger partial charge is 0.222 e. The summed E-state index contributed by atoms with van der Waals surface area (Å²) in [5, 5.41) is 0.421. The molecule has 0 radical (unpaired) electrons. The Labute approximate surface area is 112 Å². The molecule has 1 amide bonds. The average Bonchev–Trinajstić information content (AvgIpc) is 2.74. The van der Waals surface area contributed by atoms with Crippen molar-refractivity contribution in [3.8, 4) is 0 Å². The lowest BCUT2D eigenvalue weighted by molar-refractivity contribution is -0.133. The highest BCUT2D eigenvalue weighted by molar-refractivity contribution is 6.28. The Morgan fingerprint density at radius 2 is 2.28 bits per heavy atom. The molecular formula is C13H19ClN2O2. The molecule has 0 bridgehead atoms. The van der Waals surface area contributed by atoms with Gasteiger partial charge in [-0.3, -0.25) is 9.69 Å². The van der Waals surface area contributed by atoms with E-state index in [0.717, 1.165) is 44.8 Å². The molecular weight excluding hydrogens is 252 g/mol. The number of carbonyl (C=O) groups excluding carboxylic acids is 1. The summed E-state index contributed by atoms with van der Waals surface area (Å²) in [5.41, 5.74) is 0. The van der Waals surface area contributed by atoms with Gasteiger partial charge in [0.25, 0.3) is 0 Å². The lowest BCUT2D eigenvalue weighted by atomic mass is 10.1. The molecule has 0 aromatic carbocycles. The predicted molar refractivity (Wildman–Crippen MR) is 70.5 cm³/mol. The van der Waals surface area contributed by atoms with Crippen LogP contribution in [0.3, 0.4) is 0 Å². The summed E-state index contributed by atoms with van der Waals surface area (Å²) < 4.78 is 5.31. The molecule has 1 aliphatic heterocycles. The maximum absolute atomic E-state index is 11.6. The first kappa shape index (κ1) is 13.4. The van der Waals surface area contributed by atoms with Gasteiger partial charge in [-0.2, -0.15) is 0 Å². The Balaban J connectivity index is 1.74. The quantitative estimate of drug-likeness (QED) is 0.824. The fourth-order valence-electron chi connectivity index (χ4n) is 2.17. The minimum Gasteiger partial charge on any atom is -0.448 e. The zero-order valence-electron chi connectivity index (χ0n) is 10.7. The van der Waals surface area contributed by atoms with Gasteiger partial charge in [-0.15, -0.1) is 0 Å². The topological polar surface area (TPSA) is 36.7 Å². The number of hydrogen-bond acceptors (Lipinski definition) is 3. The lowest BCUT2D eigenvalue weighted by Gasteiger charge is -2.28. The number of halogens is 1. The molecule has 0 atom stereocenters. The van der Waals surface area contributed by atoms with E-state index >= 15 is 0 Å². The second kappa shape index (κ2) is 6.25. The van der Waals surface area contributed by atoms with E-state index in [0.29, 0.717) is 11.6 Å². The third kappa shape index (κ3) is 3.75. The minimum absolute atomic E-state index is 0.288. The zero-order valence-corrected chi connectivity index (χ0v) is 11.4. The summed E-state index contributed by atoms with van der Waals surface area (Å²) in [6.07, 6.45) is 2.87. The van der Waals surface area contributed by atoms with Crippen LogP contribution in [0.4, 0.5) is 0 Å². The van der Waals surface area contributed by atoms with Crippen molar-refractivity contribution in [2.75, 3.05) is 26.7 Å². The predicted octanol–water partition coefficient (Wildman–Crippen LogP) is 2.38. The summed E-state index contributed by atoms with van der Waals surface area (Å²) in [5.74, 6) is 1.14. The van der Waals surface area contributed by atoms with E-state index in [1.165, 1.54) is 0 Å². The first-order chi connectivity index (χ1) is 8.65. The molecule has 0 unspecified atom stereocenters. The fourth-order valence-corrected chi connectivity index (χ4v) is 2.33. The number of amides is 1. The molecule has 1 aliphatic rings. The van der Waals surface area contributed by atoms with Gasteiger partial charge in [-0.05, 0) is 43.6 Å². The molecule has 2 heterocycles. The van der Waals surface area contributed by atoms with Gasteiger partial charge in [-0.25, -0.2) is 0 Å². The largest absolute Gasteiger partial charge is 0.448 e. The highest BCUT2D eigenvalue weighted by Gasteiger charge is 2.17. The molecule has 5 heteroatoms. The van der Waals surface area contributed by atoms with Gasteiger partial charge < -0.3 is 9.32 Å². The number of piperidine rings is 1. The second-order valence-corrected chi connectivity index (χ2v) is 5.15. The Kier molecular flexibility index (Phi) is 4.66. The molecule has 0 spiro atoms. The number of furan rings is 1. The first-order valence-corrected chi connectivity index (χ1v) is 6.73. The highest BCUT2D eigenvalue weighted by Crippen LogP contribution is 2.15. The average molecular weight is 271 g/mol. The van der Waals surface area contributed by atoms with Gasteiger partial charge in [0.1, 0.15) is 5.76 Å². The van der Waals surface area contributed by atoms with Crippen LogP contribution >= 0.6 is 11.6 Å². The maximum Gasteiger partial charge on any atom is 0.222 e. The molecule has 1 aromatic heterocycles. The monoisotopic (exact) mass is 270 g/mol. The summed E-state index contributed by atoms with van der Waals surface area (Å²) in [6.45, 7) is 3.27. The standard InChI is InChI=1S/C13H19ClN2O2/c1-15(10-11-5-6-12(14)18-11)8-9-16-7-3-2-4-13(16)17/h5-6H,2-4,7-10H2,1H3. The molecule has 0 saturated carbocycles. The van der Waals surface area contributed by atoms with Crippen molar-refractivity contribution in [3.63, 3.8) is 0 Å². The molecule has 4 nitrogen and oxygen atoms in total. The fraction of sp³-hybridized carbons (Fsp3) is 0.615. The molecule has 2 rings (SSSR count). The number of hydrogen-bond donors (Lipinski definition) is 0. The van der Waals surface area contributed by atoms with Gasteiger partial charge in [0.2, 0.25) is 5.91 Å². The van der Waals surface area contributed by atoms with Crippen LogP contribution in [-0.2, 0) is 11.3 Å². The third-order valence-corrected chi connectivity index (χ3v) is 3.43. The van der Waals surface area contributed by atoms with Crippen LogP contribution in [0.15, 0.2) is 16.5 Å². The van der Waals surface area contributed by atoms with Crippen molar-refractivity contribution in [2.45, 2.75) is 25.8 Å². The lowest BCUT2D eigenvalue weighted by Crippen LogP contribution is -2.40. The molecule has 1 fully saturated rings. The van der Waals surface area contributed by atoms with Crippen LogP contribution in [0, 0.1) is 0 Å². The van der Waals surface area contributed by atoms with Crippen molar-refractivity contribution in [3.05, 3.63) is 23.1 Å². The Morgan fingerprint density at radius 1 is 1.44 bits per heavy atom. The van der Waals surface area contributed by atoms with Crippen LogP contribution in [0.1, 0.15) is 25.0 Å². The van der Waals surface area contributed by atoms with E-state index in [1.54, 1.807) is 6.07 Å². The Morgan fingerprint density at radius 3 is 2.94 bits per heavy atom. The van der Waals surface area contributed by atoms with Gasteiger partial charge >= 0.3 is 0 Å². The molecule has 18 heavy (non-hydrogen) atoms. The van der Waals surface area contributed by atoms with E-state index in [2.05, 4.69) is 4.90 Å². The maximum atomic E-state index is 11.6. The van der Waals surface area contributed by atoms with Crippen molar-refractivity contribution in [2.24, 2.45) is 0 Å².